The lowest BCUT2D eigenvalue weighted by molar-refractivity contribution is -0.142. The molecule has 0 saturated heterocycles. The third kappa shape index (κ3) is 29.5. The Morgan fingerprint density at radius 2 is 0.958 bits per heavy atom. The molecule has 1 atom stereocenters. The second-order valence-electron chi connectivity index (χ2n) is 6.71. The first-order valence-corrected chi connectivity index (χ1v) is 10.8. The van der Waals surface area contributed by atoms with Crippen molar-refractivity contribution >= 4 is 5.97 Å². The van der Waals surface area contributed by atoms with E-state index in [1.807, 2.05) is 6.92 Å². The first-order valence-electron chi connectivity index (χ1n) is 10.8. The van der Waals surface area contributed by atoms with Gasteiger partial charge in [0.05, 0.1) is 5.92 Å². The maximum absolute atomic E-state index is 10.6. The Bertz CT molecular complexity index is 198. The largest absolute Gasteiger partial charge is 0.481 e. The molecule has 0 spiro atoms. The third-order valence-electron chi connectivity index (χ3n) is 4.16. The maximum atomic E-state index is 10.6. The van der Waals surface area contributed by atoms with Crippen molar-refractivity contribution in [3.8, 4) is 0 Å². The van der Waals surface area contributed by atoms with Crippen LogP contribution in [0.1, 0.15) is 131 Å². The van der Waals surface area contributed by atoms with Gasteiger partial charge in [-0.2, -0.15) is 0 Å². The molecule has 0 aliphatic heterocycles. The molecule has 148 valence electrons. The average molecular weight is 345 g/mol. The zero-order chi connectivity index (χ0) is 19.1. The van der Waals surface area contributed by atoms with Crippen LogP contribution in [-0.4, -0.2) is 11.1 Å². The number of carboxylic acids is 1. The van der Waals surface area contributed by atoms with Crippen molar-refractivity contribution in [3.63, 3.8) is 0 Å². The summed E-state index contributed by atoms with van der Waals surface area (Å²) in [4.78, 5) is 10.6. The first kappa shape index (κ1) is 28.3. The lowest BCUT2D eigenvalue weighted by atomic mass is 9.99. The van der Waals surface area contributed by atoms with Gasteiger partial charge in [-0.3, -0.25) is 4.79 Å². The SMILES string of the molecule is CCCCCC.CCCCCC.CCCCCCC(CC)C(=O)O. The van der Waals surface area contributed by atoms with Gasteiger partial charge in [-0.1, -0.05) is 119 Å². The molecule has 0 aliphatic rings. The Balaban J connectivity index is -0.000000309. The minimum Gasteiger partial charge on any atom is -0.481 e. The van der Waals surface area contributed by atoms with E-state index in [4.69, 9.17) is 5.11 Å². The summed E-state index contributed by atoms with van der Waals surface area (Å²) in [6, 6.07) is 0. The lowest BCUT2D eigenvalue weighted by Crippen LogP contribution is -2.12. The number of carbonyl (C=O) groups is 1. The molecule has 0 rings (SSSR count). The quantitative estimate of drug-likeness (QED) is 0.341. The van der Waals surface area contributed by atoms with Crippen LogP contribution in [0.2, 0.25) is 0 Å². The van der Waals surface area contributed by atoms with Gasteiger partial charge in [0.25, 0.3) is 0 Å². The van der Waals surface area contributed by atoms with E-state index in [0.29, 0.717) is 0 Å². The smallest absolute Gasteiger partial charge is 0.306 e. The number of hydrogen-bond acceptors (Lipinski definition) is 1. The van der Waals surface area contributed by atoms with Gasteiger partial charge in [-0.15, -0.1) is 0 Å². The Hall–Kier alpha value is -0.530. The lowest BCUT2D eigenvalue weighted by Gasteiger charge is -2.08. The first-order chi connectivity index (χ1) is 11.5. The Labute approximate surface area is 153 Å². The monoisotopic (exact) mass is 344 g/mol. The van der Waals surface area contributed by atoms with E-state index in [0.717, 1.165) is 19.3 Å². The van der Waals surface area contributed by atoms with Crippen LogP contribution in [0.15, 0.2) is 0 Å². The highest BCUT2D eigenvalue weighted by Crippen LogP contribution is 2.14. The summed E-state index contributed by atoms with van der Waals surface area (Å²) in [5.41, 5.74) is 0. The molecule has 0 aliphatic carbocycles. The van der Waals surface area contributed by atoms with Crippen molar-refractivity contribution in [2.24, 2.45) is 5.92 Å². The summed E-state index contributed by atoms with van der Waals surface area (Å²) >= 11 is 0. The topological polar surface area (TPSA) is 37.3 Å². The van der Waals surface area contributed by atoms with E-state index in [-0.39, 0.29) is 5.92 Å². The van der Waals surface area contributed by atoms with Gasteiger partial charge in [-0.05, 0) is 12.8 Å². The minimum absolute atomic E-state index is 0.109. The van der Waals surface area contributed by atoms with E-state index >= 15 is 0 Å². The number of rotatable bonds is 13. The zero-order valence-electron chi connectivity index (χ0n) is 17.8. The summed E-state index contributed by atoms with van der Waals surface area (Å²) in [5.74, 6) is -0.740. The summed E-state index contributed by atoms with van der Waals surface area (Å²) in [7, 11) is 0. The van der Waals surface area contributed by atoms with E-state index in [1.54, 1.807) is 0 Å². The van der Waals surface area contributed by atoms with Gasteiger partial charge in [0.15, 0.2) is 0 Å². The van der Waals surface area contributed by atoms with Crippen molar-refractivity contribution in [1.82, 2.24) is 0 Å². The van der Waals surface area contributed by atoms with E-state index in [9.17, 15) is 4.79 Å². The van der Waals surface area contributed by atoms with E-state index in [2.05, 4.69) is 34.6 Å². The van der Waals surface area contributed by atoms with Crippen molar-refractivity contribution in [2.45, 2.75) is 131 Å². The van der Waals surface area contributed by atoms with Gasteiger partial charge in [0.1, 0.15) is 0 Å². The van der Waals surface area contributed by atoms with Crippen LogP contribution < -0.4 is 0 Å². The fraction of sp³-hybridized carbons (Fsp3) is 0.955. The van der Waals surface area contributed by atoms with Crippen LogP contribution in [0.3, 0.4) is 0 Å². The Morgan fingerprint density at radius 3 is 1.21 bits per heavy atom. The van der Waals surface area contributed by atoms with Crippen molar-refractivity contribution < 1.29 is 9.90 Å². The standard InChI is InChI=1S/C10H20O2.2C6H14/c1-3-5-6-7-8-9(4-2)10(11)12;2*1-3-5-6-4-2/h9H,3-8H2,1-2H3,(H,11,12);2*3-6H2,1-2H3. The number of hydrogen-bond donors (Lipinski definition) is 1. The fourth-order valence-electron chi connectivity index (χ4n) is 2.32. The summed E-state index contributed by atoms with van der Waals surface area (Å²) < 4.78 is 0. The molecule has 24 heavy (non-hydrogen) atoms. The maximum Gasteiger partial charge on any atom is 0.306 e. The molecular formula is C22H48O2. The Morgan fingerprint density at radius 1 is 0.625 bits per heavy atom. The minimum atomic E-state index is -0.631. The molecule has 0 bridgehead atoms. The summed E-state index contributed by atoms with van der Waals surface area (Å²) in [5, 5.41) is 8.73. The van der Waals surface area contributed by atoms with Crippen molar-refractivity contribution in [1.29, 1.82) is 0 Å². The second-order valence-corrected chi connectivity index (χ2v) is 6.71. The predicted molar refractivity (Wildman–Crippen MR) is 110 cm³/mol. The van der Waals surface area contributed by atoms with Crippen molar-refractivity contribution in [2.75, 3.05) is 0 Å². The summed E-state index contributed by atoms with van der Waals surface area (Å²) in [6.07, 6.45) is 17.4. The molecule has 0 heterocycles. The van der Waals surface area contributed by atoms with Crippen LogP contribution >= 0.6 is 0 Å². The van der Waals surface area contributed by atoms with Gasteiger partial charge < -0.3 is 5.11 Å². The van der Waals surface area contributed by atoms with Crippen LogP contribution in [0.5, 0.6) is 0 Å². The molecule has 1 N–H and O–H groups in total. The highest BCUT2D eigenvalue weighted by atomic mass is 16.4. The highest BCUT2D eigenvalue weighted by molar-refractivity contribution is 5.69. The fourth-order valence-corrected chi connectivity index (χ4v) is 2.32. The van der Waals surface area contributed by atoms with Gasteiger partial charge >= 0.3 is 5.97 Å². The molecule has 1 unspecified atom stereocenters. The van der Waals surface area contributed by atoms with Crippen LogP contribution in [0.4, 0.5) is 0 Å². The predicted octanol–water partition coefficient (Wildman–Crippen LogP) is 8.24. The van der Waals surface area contributed by atoms with Crippen LogP contribution in [0.25, 0.3) is 0 Å². The molecule has 0 amide bonds. The number of carboxylic acid groups (broad SMARTS) is 1. The molecule has 0 aromatic carbocycles. The van der Waals surface area contributed by atoms with Crippen molar-refractivity contribution in [3.05, 3.63) is 0 Å². The molecular weight excluding hydrogens is 296 g/mol. The normalized spacial score (nSPS) is 10.9. The molecule has 0 saturated carbocycles. The van der Waals surface area contributed by atoms with E-state index in [1.165, 1.54) is 70.6 Å². The third-order valence-corrected chi connectivity index (χ3v) is 4.16. The number of aliphatic carboxylic acids is 1. The van der Waals surface area contributed by atoms with E-state index < -0.39 is 5.97 Å². The highest BCUT2D eigenvalue weighted by Gasteiger charge is 2.13. The Kier molecular flexibility index (Phi) is 32.2. The molecule has 0 fully saturated rings. The molecule has 2 heteroatoms. The molecule has 2 nitrogen and oxygen atoms in total. The summed E-state index contributed by atoms with van der Waals surface area (Å²) in [6.45, 7) is 13.0. The average Bonchev–Trinajstić information content (AvgIpc) is 2.59. The zero-order valence-corrected chi connectivity index (χ0v) is 17.8. The van der Waals surface area contributed by atoms with Gasteiger partial charge in [0, 0.05) is 0 Å². The molecule has 0 aromatic heterocycles. The van der Waals surface area contributed by atoms with Gasteiger partial charge in [-0.25, -0.2) is 0 Å². The van der Waals surface area contributed by atoms with Crippen LogP contribution in [-0.2, 0) is 4.79 Å². The van der Waals surface area contributed by atoms with Crippen LogP contribution in [0, 0.1) is 5.92 Å². The second kappa shape index (κ2) is 27.3. The molecule has 0 radical (unpaired) electrons. The molecule has 0 aromatic rings. The van der Waals surface area contributed by atoms with Gasteiger partial charge in [0.2, 0.25) is 0 Å². The number of unbranched alkanes of at least 4 members (excludes halogenated alkanes) is 9.